The SMILES string of the molecule is Cc1cc(I)c(N)nn1. The second kappa shape index (κ2) is 2.47. The fourth-order valence-electron chi connectivity index (χ4n) is 0.467. The van der Waals surface area contributed by atoms with Gasteiger partial charge >= 0.3 is 0 Å². The second-order valence-electron chi connectivity index (χ2n) is 1.72. The molecule has 1 rings (SSSR count). The number of halogens is 1. The highest BCUT2D eigenvalue weighted by atomic mass is 127. The number of rotatable bonds is 0. The number of nitrogens with two attached hydrogens (primary N) is 1. The molecule has 48 valence electrons. The van der Waals surface area contributed by atoms with Crippen LogP contribution in [-0.2, 0) is 0 Å². The zero-order valence-corrected chi connectivity index (χ0v) is 7.08. The maximum Gasteiger partial charge on any atom is 0.159 e. The van der Waals surface area contributed by atoms with Crippen LogP contribution in [0.3, 0.4) is 0 Å². The topological polar surface area (TPSA) is 51.8 Å². The minimum absolute atomic E-state index is 0.501. The number of aryl methyl sites for hydroxylation is 1. The highest BCUT2D eigenvalue weighted by molar-refractivity contribution is 14.1. The van der Waals surface area contributed by atoms with Gasteiger partial charge in [-0.05, 0) is 35.6 Å². The van der Waals surface area contributed by atoms with Gasteiger partial charge in [0.2, 0.25) is 0 Å². The molecule has 0 saturated carbocycles. The summed E-state index contributed by atoms with van der Waals surface area (Å²) in [5.74, 6) is 0.501. The van der Waals surface area contributed by atoms with Crippen molar-refractivity contribution < 1.29 is 0 Å². The third-order valence-corrected chi connectivity index (χ3v) is 1.76. The van der Waals surface area contributed by atoms with Crippen LogP contribution in [0, 0.1) is 10.5 Å². The summed E-state index contributed by atoms with van der Waals surface area (Å²) in [5, 5.41) is 7.46. The molecule has 3 nitrogen and oxygen atoms in total. The molecule has 0 aliphatic carbocycles. The van der Waals surface area contributed by atoms with E-state index in [0.29, 0.717) is 5.82 Å². The van der Waals surface area contributed by atoms with Gasteiger partial charge in [0.1, 0.15) is 0 Å². The van der Waals surface area contributed by atoms with Gasteiger partial charge in [-0.25, -0.2) is 0 Å². The van der Waals surface area contributed by atoms with Crippen molar-refractivity contribution in [1.82, 2.24) is 10.2 Å². The number of aromatic nitrogens is 2. The van der Waals surface area contributed by atoms with Crippen molar-refractivity contribution >= 4 is 28.4 Å². The molecular weight excluding hydrogens is 229 g/mol. The number of anilines is 1. The summed E-state index contributed by atoms with van der Waals surface area (Å²) >= 11 is 2.12. The minimum atomic E-state index is 0.501. The van der Waals surface area contributed by atoms with Crippen LogP contribution in [0.15, 0.2) is 6.07 Å². The molecule has 0 unspecified atom stereocenters. The Kier molecular flexibility index (Phi) is 1.84. The molecule has 0 aliphatic heterocycles. The van der Waals surface area contributed by atoms with Crippen molar-refractivity contribution in [3.05, 3.63) is 15.3 Å². The van der Waals surface area contributed by atoms with Crippen LogP contribution >= 0.6 is 22.6 Å². The van der Waals surface area contributed by atoms with Crippen LogP contribution in [0.25, 0.3) is 0 Å². The van der Waals surface area contributed by atoms with Gasteiger partial charge in [0.15, 0.2) is 5.82 Å². The van der Waals surface area contributed by atoms with Crippen molar-refractivity contribution in [3.63, 3.8) is 0 Å². The summed E-state index contributed by atoms with van der Waals surface area (Å²) in [6.07, 6.45) is 0. The molecule has 0 aromatic carbocycles. The summed E-state index contributed by atoms with van der Waals surface area (Å²) < 4.78 is 0.958. The van der Waals surface area contributed by atoms with Gasteiger partial charge in [0.05, 0.1) is 9.26 Å². The number of hydrogen-bond donors (Lipinski definition) is 1. The summed E-state index contributed by atoms with van der Waals surface area (Å²) in [6.45, 7) is 1.88. The Morgan fingerprint density at radius 2 is 2.22 bits per heavy atom. The van der Waals surface area contributed by atoms with Gasteiger partial charge in [0.25, 0.3) is 0 Å². The van der Waals surface area contributed by atoms with Crippen molar-refractivity contribution in [2.45, 2.75) is 6.92 Å². The van der Waals surface area contributed by atoms with Gasteiger partial charge in [-0.2, -0.15) is 5.10 Å². The molecule has 0 saturated heterocycles. The van der Waals surface area contributed by atoms with Crippen LogP contribution in [0.1, 0.15) is 5.69 Å². The van der Waals surface area contributed by atoms with E-state index in [1.165, 1.54) is 0 Å². The molecule has 0 fully saturated rings. The molecule has 0 spiro atoms. The largest absolute Gasteiger partial charge is 0.381 e. The Labute approximate surface area is 66.8 Å². The van der Waals surface area contributed by atoms with E-state index < -0.39 is 0 Å². The normalized spacial score (nSPS) is 9.56. The first kappa shape index (κ1) is 6.73. The molecule has 4 heteroatoms. The van der Waals surface area contributed by atoms with Crippen LogP contribution in [0.5, 0.6) is 0 Å². The lowest BCUT2D eigenvalue weighted by Gasteiger charge is -1.94. The Morgan fingerprint density at radius 3 is 2.67 bits per heavy atom. The predicted octanol–water partition coefficient (Wildman–Crippen LogP) is 0.972. The van der Waals surface area contributed by atoms with E-state index >= 15 is 0 Å². The number of nitrogens with zero attached hydrogens (tertiary/aromatic N) is 2. The van der Waals surface area contributed by atoms with Crippen molar-refractivity contribution in [2.24, 2.45) is 0 Å². The van der Waals surface area contributed by atoms with Crippen molar-refractivity contribution in [1.29, 1.82) is 0 Å². The Morgan fingerprint density at radius 1 is 1.56 bits per heavy atom. The lowest BCUT2D eigenvalue weighted by atomic mass is 10.4. The first-order valence-electron chi connectivity index (χ1n) is 2.45. The summed E-state index contributed by atoms with van der Waals surface area (Å²) in [7, 11) is 0. The van der Waals surface area contributed by atoms with Gasteiger partial charge in [-0.3, -0.25) is 0 Å². The molecule has 2 N–H and O–H groups in total. The second-order valence-corrected chi connectivity index (χ2v) is 2.88. The summed E-state index contributed by atoms with van der Waals surface area (Å²) in [6, 6.07) is 1.89. The fraction of sp³-hybridized carbons (Fsp3) is 0.200. The monoisotopic (exact) mass is 235 g/mol. The van der Waals surface area contributed by atoms with Crippen LogP contribution in [0.4, 0.5) is 5.82 Å². The summed E-state index contributed by atoms with van der Waals surface area (Å²) in [4.78, 5) is 0. The fourth-order valence-corrected chi connectivity index (χ4v) is 1.03. The van der Waals surface area contributed by atoms with Gasteiger partial charge in [0, 0.05) is 0 Å². The van der Waals surface area contributed by atoms with E-state index in [4.69, 9.17) is 5.73 Å². The third kappa shape index (κ3) is 1.51. The molecule has 1 aromatic rings. The predicted molar refractivity (Wildman–Crippen MR) is 43.9 cm³/mol. The number of nitrogen functional groups attached to an aromatic ring is 1. The van der Waals surface area contributed by atoms with E-state index in [0.717, 1.165) is 9.26 Å². The average Bonchev–Trinajstić information content (AvgIpc) is 1.80. The first-order valence-corrected chi connectivity index (χ1v) is 3.53. The molecule has 1 heterocycles. The van der Waals surface area contributed by atoms with Crippen LogP contribution < -0.4 is 5.73 Å². The molecular formula is C5H6IN3. The van der Waals surface area contributed by atoms with Crippen molar-refractivity contribution in [3.8, 4) is 0 Å². The minimum Gasteiger partial charge on any atom is -0.381 e. The quantitative estimate of drug-likeness (QED) is 0.681. The van der Waals surface area contributed by atoms with Gasteiger partial charge in [-0.15, -0.1) is 5.10 Å². The van der Waals surface area contributed by atoms with Crippen molar-refractivity contribution in [2.75, 3.05) is 5.73 Å². The molecule has 9 heavy (non-hydrogen) atoms. The highest BCUT2D eigenvalue weighted by Gasteiger charge is 1.94. The Balaban J connectivity index is 3.17. The lowest BCUT2D eigenvalue weighted by molar-refractivity contribution is 0.983. The zero-order valence-electron chi connectivity index (χ0n) is 4.93. The maximum atomic E-state index is 5.41. The highest BCUT2D eigenvalue weighted by Crippen LogP contribution is 2.09. The molecule has 0 amide bonds. The van der Waals surface area contributed by atoms with Crippen LogP contribution in [0.2, 0.25) is 0 Å². The van der Waals surface area contributed by atoms with Gasteiger partial charge < -0.3 is 5.73 Å². The van der Waals surface area contributed by atoms with E-state index in [9.17, 15) is 0 Å². The van der Waals surface area contributed by atoms with E-state index in [-0.39, 0.29) is 0 Å². The molecule has 1 aromatic heterocycles. The van der Waals surface area contributed by atoms with E-state index in [1.807, 2.05) is 13.0 Å². The molecule has 0 aliphatic rings. The average molecular weight is 235 g/mol. The number of hydrogen-bond acceptors (Lipinski definition) is 3. The molecule has 0 radical (unpaired) electrons. The van der Waals surface area contributed by atoms with Crippen LogP contribution in [-0.4, -0.2) is 10.2 Å². The summed E-state index contributed by atoms with van der Waals surface area (Å²) in [5.41, 5.74) is 6.30. The first-order chi connectivity index (χ1) is 4.20. The standard InChI is InChI=1S/C5H6IN3/c1-3-2-4(6)5(7)9-8-3/h2H,1H3,(H2,7,9). The molecule has 0 atom stereocenters. The molecule has 0 bridgehead atoms. The van der Waals surface area contributed by atoms with E-state index in [2.05, 4.69) is 32.8 Å². The van der Waals surface area contributed by atoms with Gasteiger partial charge in [-0.1, -0.05) is 0 Å². The smallest absolute Gasteiger partial charge is 0.159 e. The van der Waals surface area contributed by atoms with E-state index in [1.54, 1.807) is 0 Å². The maximum absolute atomic E-state index is 5.41. The lowest BCUT2D eigenvalue weighted by Crippen LogP contribution is -1.97. The third-order valence-electron chi connectivity index (χ3n) is 0.896. The Bertz CT molecular complexity index is 223. The Hall–Kier alpha value is -0.390. The zero-order chi connectivity index (χ0) is 6.85.